The van der Waals surface area contributed by atoms with Gasteiger partial charge in [-0.15, -0.1) is 0 Å². The van der Waals surface area contributed by atoms with Crippen molar-refractivity contribution in [2.45, 2.75) is 322 Å². The van der Waals surface area contributed by atoms with Crippen molar-refractivity contribution in [2.24, 2.45) is 0 Å². The van der Waals surface area contributed by atoms with Crippen molar-refractivity contribution < 1.29 is 37.3 Å². The quantitative estimate of drug-likeness (QED) is 0.0205. The fourth-order valence-electron chi connectivity index (χ4n) is 9.29. The molecule has 0 spiro atoms. The number of hydrogen-bond acceptors (Lipinski definition) is 6. The van der Waals surface area contributed by atoms with Crippen LogP contribution in [0.25, 0.3) is 0 Å². The van der Waals surface area contributed by atoms with Crippen LogP contribution in [0.4, 0.5) is 0 Å². The van der Waals surface area contributed by atoms with E-state index in [0.29, 0.717) is 23.9 Å². The molecule has 0 aliphatic rings. The fraction of sp³-hybridized carbons (Fsp3) is 0.903. The van der Waals surface area contributed by atoms with Gasteiger partial charge in [-0.25, -0.2) is 4.57 Å². The second kappa shape index (κ2) is 52.9. The molecule has 0 aliphatic carbocycles. The molecule has 0 saturated carbocycles. The highest BCUT2D eigenvalue weighted by Crippen LogP contribution is 2.43. The van der Waals surface area contributed by atoms with Crippen LogP contribution in [0.2, 0.25) is 0 Å². The highest BCUT2D eigenvalue weighted by Gasteiger charge is 2.30. The highest BCUT2D eigenvalue weighted by molar-refractivity contribution is 7.47. The zero-order valence-electron chi connectivity index (χ0n) is 48.7. The standard InChI is InChI=1S/C62H121N2O7P/c1-7-10-13-16-19-22-25-28-30-31-32-33-34-37-40-43-46-49-52-55-62(66)71-60(53-50-47-44-41-38-35-27-24-21-18-15-12-9-3)59(58-70-72(67,68)69-57-56-64(4,5)6)63-61(65)54-51-48-45-42-39-36-29-26-23-20-17-14-11-8-2/h28,30,50,53,59-60H,7-27,29,31-49,51-52,54-58H2,1-6H3,(H-,63,65,67,68)/p+1/b30-28+,53-50+. The molecule has 0 bridgehead atoms. The molecule has 2 N–H and O–H groups in total. The van der Waals surface area contributed by atoms with Gasteiger partial charge in [0.1, 0.15) is 19.3 Å². The number of amides is 1. The van der Waals surface area contributed by atoms with Crippen LogP contribution in [0.15, 0.2) is 24.3 Å². The summed E-state index contributed by atoms with van der Waals surface area (Å²) in [6.45, 7) is 7.05. The Morgan fingerprint density at radius 2 is 0.806 bits per heavy atom. The zero-order valence-corrected chi connectivity index (χ0v) is 49.6. The molecule has 0 heterocycles. The number of carbonyl (C=O) groups excluding carboxylic acids is 2. The van der Waals surface area contributed by atoms with E-state index in [2.05, 4.69) is 38.2 Å². The maximum Gasteiger partial charge on any atom is 0.472 e. The van der Waals surface area contributed by atoms with E-state index in [1.165, 1.54) is 218 Å². The molecule has 0 saturated heterocycles. The molecule has 1 amide bonds. The fourth-order valence-corrected chi connectivity index (χ4v) is 10.0. The van der Waals surface area contributed by atoms with E-state index >= 15 is 0 Å². The van der Waals surface area contributed by atoms with E-state index in [9.17, 15) is 19.0 Å². The van der Waals surface area contributed by atoms with Crippen molar-refractivity contribution in [3.63, 3.8) is 0 Å². The summed E-state index contributed by atoms with van der Waals surface area (Å²) >= 11 is 0. The van der Waals surface area contributed by atoms with Crippen LogP contribution in [0, 0.1) is 0 Å². The highest BCUT2D eigenvalue weighted by atomic mass is 31.2. The van der Waals surface area contributed by atoms with Crippen LogP contribution in [0.1, 0.15) is 310 Å². The van der Waals surface area contributed by atoms with Crippen LogP contribution in [0.3, 0.4) is 0 Å². The van der Waals surface area contributed by atoms with Gasteiger partial charge in [0.25, 0.3) is 0 Å². The van der Waals surface area contributed by atoms with E-state index in [0.717, 1.165) is 57.8 Å². The number of allylic oxidation sites excluding steroid dienone is 3. The first-order valence-corrected chi connectivity index (χ1v) is 32.7. The van der Waals surface area contributed by atoms with E-state index in [4.69, 9.17) is 13.8 Å². The molecule has 0 aliphatic heterocycles. The van der Waals surface area contributed by atoms with Crippen molar-refractivity contribution in [2.75, 3.05) is 40.9 Å². The van der Waals surface area contributed by atoms with Gasteiger partial charge in [0.15, 0.2) is 0 Å². The molecule has 0 fully saturated rings. The maximum absolute atomic E-state index is 13.5. The van der Waals surface area contributed by atoms with Gasteiger partial charge in [0.05, 0.1) is 33.8 Å². The average molecular weight is 1040 g/mol. The summed E-state index contributed by atoms with van der Waals surface area (Å²) in [5, 5.41) is 3.06. The third-order valence-electron chi connectivity index (χ3n) is 14.1. The summed E-state index contributed by atoms with van der Waals surface area (Å²) in [4.78, 5) is 37.7. The number of ether oxygens (including phenoxy) is 1. The van der Waals surface area contributed by atoms with Gasteiger partial charge in [0.2, 0.25) is 5.91 Å². The Labute approximate surface area is 447 Å². The van der Waals surface area contributed by atoms with Crippen molar-refractivity contribution in [3.8, 4) is 0 Å². The smallest absolute Gasteiger partial charge is 0.456 e. The molecular weight excluding hydrogens is 916 g/mol. The zero-order chi connectivity index (χ0) is 52.9. The Morgan fingerprint density at radius 1 is 0.472 bits per heavy atom. The molecule has 10 heteroatoms. The third kappa shape index (κ3) is 53.3. The number of phosphoric ester groups is 1. The molecule has 72 heavy (non-hydrogen) atoms. The van der Waals surface area contributed by atoms with Crippen LogP contribution < -0.4 is 5.32 Å². The van der Waals surface area contributed by atoms with Crippen molar-refractivity contribution >= 4 is 19.7 Å². The summed E-state index contributed by atoms with van der Waals surface area (Å²) in [6, 6.07) is -0.842. The number of unbranched alkanes of at least 4 members (excludes halogenated alkanes) is 39. The van der Waals surface area contributed by atoms with Crippen LogP contribution in [-0.4, -0.2) is 74.3 Å². The summed E-state index contributed by atoms with van der Waals surface area (Å²) in [5.41, 5.74) is 0. The first-order chi connectivity index (χ1) is 34.9. The molecule has 3 unspecified atom stereocenters. The second-order valence-corrected chi connectivity index (χ2v) is 24.0. The first-order valence-electron chi connectivity index (χ1n) is 31.2. The third-order valence-corrected chi connectivity index (χ3v) is 15.1. The van der Waals surface area contributed by atoms with Gasteiger partial charge in [0, 0.05) is 12.8 Å². The van der Waals surface area contributed by atoms with Gasteiger partial charge in [-0.05, 0) is 57.4 Å². The predicted octanol–water partition coefficient (Wildman–Crippen LogP) is 18.9. The van der Waals surface area contributed by atoms with E-state index < -0.39 is 20.0 Å². The molecule has 0 aromatic heterocycles. The minimum Gasteiger partial charge on any atom is -0.456 e. The Balaban J connectivity index is 5.25. The lowest BCUT2D eigenvalue weighted by Gasteiger charge is -2.27. The minimum absolute atomic E-state index is 0.0436. The number of carbonyl (C=O) groups is 2. The molecule has 0 aromatic rings. The second-order valence-electron chi connectivity index (χ2n) is 22.6. The first kappa shape index (κ1) is 70.5. The normalized spacial score (nSPS) is 13.8. The van der Waals surface area contributed by atoms with Crippen molar-refractivity contribution in [1.29, 1.82) is 0 Å². The molecule has 3 atom stereocenters. The molecule has 0 radical (unpaired) electrons. The topological polar surface area (TPSA) is 111 Å². The lowest BCUT2D eigenvalue weighted by molar-refractivity contribution is -0.870. The number of hydrogen-bond donors (Lipinski definition) is 2. The van der Waals surface area contributed by atoms with Gasteiger partial charge in [-0.3, -0.25) is 18.6 Å². The molecule has 9 nitrogen and oxygen atoms in total. The van der Waals surface area contributed by atoms with Crippen molar-refractivity contribution in [3.05, 3.63) is 24.3 Å². The summed E-state index contributed by atoms with van der Waals surface area (Å²) in [7, 11) is 1.51. The van der Waals surface area contributed by atoms with Gasteiger partial charge in [-0.1, -0.05) is 264 Å². The number of rotatable bonds is 57. The van der Waals surface area contributed by atoms with Crippen molar-refractivity contribution in [1.82, 2.24) is 5.32 Å². The maximum atomic E-state index is 13.5. The van der Waals surface area contributed by atoms with E-state index in [1.807, 2.05) is 33.3 Å². The Kier molecular flexibility index (Phi) is 51.8. The summed E-state index contributed by atoms with van der Waals surface area (Å²) < 4.78 is 30.7. The summed E-state index contributed by atoms with van der Waals surface area (Å²) in [6.07, 6.45) is 61.6. The monoisotopic (exact) mass is 1040 g/mol. The minimum atomic E-state index is -4.44. The van der Waals surface area contributed by atoms with Crippen LogP contribution in [0.5, 0.6) is 0 Å². The van der Waals surface area contributed by atoms with Crippen LogP contribution >= 0.6 is 7.82 Å². The van der Waals surface area contributed by atoms with Gasteiger partial charge < -0.3 is 19.4 Å². The largest absolute Gasteiger partial charge is 0.472 e. The lowest BCUT2D eigenvalue weighted by Crippen LogP contribution is -2.47. The molecule has 0 rings (SSSR count). The Bertz CT molecular complexity index is 1290. The average Bonchev–Trinajstić information content (AvgIpc) is 3.34. The number of likely N-dealkylation sites (N-methyl/N-ethyl adjacent to an activating group) is 1. The number of nitrogens with one attached hydrogen (secondary N) is 1. The SMILES string of the molecule is CCCCCCCC/C=C/CCCCCCCCCCCC(=O)OC(/C=C/CCCCCCCCCCCCC)C(COP(=O)(O)OCC[N+](C)(C)C)NC(=O)CCCCCCCCCCCCCCCC. The number of esters is 1. The lowest BCUT2D eigenvalue weighted by atomic mass is 10.0. The molecule has 0 aromatic carbocycles. The van der Waals surface area contributed by atoms with Gasteiger partial charge >= 0.3 is 13.8 Å². The van der Waals surface area contributed by atoms with E-state index in [1.54, 1.807) is 0 Å². The predicted molar refractivity (Wildman–Crippen MR) is 310 cm³/mol. The molecular formula is C62H122N2O7P+. The van der Waals surface area contributed by atoms with Crippen LogP contribution in [-0.2, 0) is 27.9 Å². The molecule has 426 valence electrons. The number of nitrogens with zero attached hydrogens (tertiary/aromatic N) is 1. The summed E-state index contributed by atoms with van der Waals surface area (Å²) in [5.74, 6) is -0.491. The Hall–Kier alpha value is -1.51. The Morgan fingerprint density at radius 3 is 1.18 bits per heavy atom. The van der Waals surface area contributed by atoms with Gasteiger partial charge in [-0.2, -0.15) is 0 Å². The van der Waals surface area contributed by atoms with E-state index in [-0.39, 0.29) is 25.1 Å². The number of phosphoric acid groups is 1. The number of quaternary nitrogens is 1.